The summed E-state index contributed by atoms with van der Waals surface area (Å²) in [6.07, 6.45) is 1.29. The van der Waals surface area contributed by atoms with Crippen LogP contribution < -0.4 is 0 Å². The lowest BCUT2D eigenvalue weighted by Gasteiger charge is -2.10. The third-order valence-corrected chi connectivity index (χ3v) is 4.46. The van der Waals surface area contributed by atoms with Gasteiger partial charge in [-0.05, 0) is 34.5 Å². The molecule has 20 heavy (non-hydrogen) atoms. The molecule has 0 fully saturated rings. The van der Waals surface area contributed by atoms with Crippen molar-refractivity contribution in [2.45, 2.75) is 19.8 Å². The van der Waals surface area contributed by atoms with E-state index in [4.69, 9.17) is 28.3 Å². The second-order valence-corrected chi connectivity index (χ2v) is 5.66. The normalized spacial score (nSPS) is 10.8. The van der Waals surface area contributed by atoms with Gasteiger partial charge in [0.15, 0.2) is 5.69 Å². The van der Waals surface area contributed by atoms with Crippen LogP contribution in [0.1, 0.15) is 29.5 Å². The Labute approximate surface area is 133 Å². The van der Waals surface area contributed by atoms with Gasteiger partial charge in [-0.15, -0.1) is 5.10 Å². The summed E-state index contributed by atoms with van der Waals surface area (Å²) in [5.41, 5.74) is 0.936. The monoisotopic (exact) mass is 377 g/mol. The van der Waals surface area contributed by atoms with Crippen molar-refractivity contribution >= 4 is 45.1 Å². The number of aromatic nitrogens is 3. The Morgan fingerprint density at radius 3 is 2.70 bits per heavy atom. The van der Waals surface area contributed by atoms with Gasteiger partial charge in [-0.2, -0.15) is 0 Å². The van der Waals surface area contributed by atoms with Gasteiger partial charge in [-0.3, -0.25) is 0 Å². The molecule has 0 bridgehead atoms. The standard InChI is InChI=1S/C12H10BrCl2N3O2/c1-2-3-8-11(12(19)20)16-17-18(8)7-5-4-6(13)9(14)10(7)15/h4-5H,2-3H2,1H3,(H,19,20). The smallest absolute Gasteiger partial charge is 0.358 e. The van der Waals surface area contributed by atoms with Gasteiger partial charge in [0.25, 0.3) is 0 Å². The van der Waals surface area contributed by atoms with Gasteiger partial charge in [0, 0.05) is 4.47 Å². The summed E-state index contributed by atoms with van der Waals surface area (Å²) < 4.78 is 2.08. The number of rotatable bonds is 4. The van der Waals surface area contributed by atoms with Gasteiger partial charge in [0.05, 0.1) is 21.4 Å². The van der Waals surface area contributed by atoms with Gasteiger partial charge < -0.3 is 5.11 Å². The summed E-state index contributed by atoms with van der Waals surface area (Å²) in [6, 6.07) is 3.43. The maximum absolute atomic E-state index is 11.2. The van der Waals surface area contributed by atoms with E-state index in [1.807, 2.05) is 6.92 Å². The maximum atomic E-state index is 11.2. The average molecular weight is 379 g/mol. The topological polar surface area (TPSA) is 68.0 Å². The van der Waals surface area contributed by atoms with E-state index in [1.165, 1.54) is 4.68 Å². The molecule has 8 heteroatoms. The first-order valence-electron chi connectivity index (χ1n) is 5.79. The van der Waals surface area contributed by atoms with Gasteiger partial charge in [-0.1, -0.05) is 41.8 Å². The fourth-order valence-corrected chi connectivity index (χ4v) is 2.65. The molecule has 2 aromatic rings. The maximum Gasteiger partial charge on any atom is 0.358 e. The van der Waals surface area contributed by atoms with Crippen LogP contribution in [0.5, 0.6) is 0 Å². The van der Waals surface area contributed by atoms with Crippen LogP contribution in [-0.2, 0) is 6.42 Å². The zero-order valence-electron chi connectivity index (χ0n) is 10.4. The minimum absolute atomic E-state index is 0.0676. The number of carboxylic acid groups (broad SMARTS) is 1. The molecule has 0 aliphatic rings. The van der Waals surface area contributed by atoms with Crippen LogP contribution in [0, 0.1) is 0 Å². The number of carboxylic acids is 1. The summed E-state index contributed by atoms with van der Waals surface area (Å²) in [4.78, 5) is 11.2. The van der Waals surface area contributed by atoms with E-state index in [-0.39, 0.29) is 5.69 Å². The predicted molar refractivity (Wildman–Crippen MR) is 80.0 cm³/mol. The molecule has 106 valence electrons. The van der Waals surface area contributed by atoms with E-state index in [1.54, 1.807) is 12.1 Å². The highest BCUT2D eigenvalue weighted by Gasteiger charge is 2.21. The fourth-order valence-electron chi connectivity index (χ4n) is 1.80. The Morgan fingerprint density at radius 1 is 1.40 bits per heavy atom. The zero-order valence-corrected chi connectivity index (χ0v) is 13.5. The Morgan fingerprint density at radius 2 is 2.10 bits per heavy atom. The first kappa shape index (κ1) is 15.3. The van der Waals surface area contributed by atoms with Crippen molar-refractivity contribution in [3.63, 3.8) is 0 Å². The van der Waals surface area contributed by atoms with Crippen molar-refractivity contribution in [3.8, 4) is 5.69 Å². The lowest BCUT2D eigenvalue weighted by Crippen LogP contribution is -2.07. The van der Waals surface area contributed by atoms with E-state index in [0.29, 0.717) is 32.3 Å². The number of nitrogens with zero attached hydrogens (tertiary/aromatic N) is 3. The summed E-state index contributed by atoms with van der Waals surface area (Å²) in [5, 5.41) is 17.4. The van der Waals surface area contributed by atoms with E-state index in [9.17, 15) is 4.79 Å². The van der Waals surface area contributed by atoms with E-state index < -0.39 is 5.97 Å². The minimum atomic E-state index is -1.11. The van der Waals surface area contributed by atoms with Crippen LogP contribution >= 0.6 is 39.1 Å². The van der Waals surface area contributed by atoms with Gasteiger partial charge >= 0.3 is 5.97 Å². The molecule has 0 spiro atoms. The van der Waals surface area contributed by atoms with Crippen molar-refractivity contribution < 1.29 is 9.90 Å². The molecule has 2 rings (SSSR count). The van der Waals surface area contributed by atoms with Crippen LogP contribution in [0.15, 0.2) is 16.6 Å². The molecule has 0 saturated heterocycles. The molecule has 0 aliphatic carbocycles. The Bertz CT molecular complexity index is 673. The number of benzene rings is 1. The van der Waals surface area contributed by atoms with Crippen LogP contribution in [0.2, 0.25) is 10.0 Å². The molecule has 0 atom stereocenters. The van der Waals surface area contributed by atoms with Crippen LogP contribution in [-0.4, -0.2) is 26.1 Å². The quantitative estimate of drug-likeness (QED) is 0.816. The number of halogens is 3. The molecular formula is C12H10BrCl2N3O2. The van der Waals surface area contributed by atoms with Crippen LogP contribution in [0.4, 0.5) is 0 Å². The Hall–Kier alpha value is -1.11. The second kappa shape index (κ2) is 6.11. The van der Waals surface area contributed by atoms with E-state index in [2.05, 4.69) is 26.2 Å². The van der Waals surface area contributed by atoms with Crippen molar-refractivity contribution in [2.24, 2.45) is 0 Å². The molecule has 0 saturated carbocycles. The van der Waals surface area contributed by atoms with Crippen molar-refractivity contribution in [3.05, 3.63) is 38.0 Å². The summed E-state index contributed by atoms with van der Waals surface area (Å²) in [7, 11) is 0. The Kier molecular flexibility index (Phi) is 4.67. The first-order valence-corrected chi connectivity index (χ1v) is 7.34. The first-order chi connectivity index (χ1) is 9.47. The molecule has 0 radical (unpaired) electrons. The highest BCUT2D eigenvalue weighted by Crippen LogP contribution is 2.35. The molecule has 0 amide bonds. The number of hydrogen-bond donors (Lipinski definition) is 1. The predicted octanol–water partition coefficient (Wildman–Crippen LogP) is 3.99. The van der Waals surface area contributed by atoms with E-state index >= 15 is 0 Å². The molecule has 1 N–H and O–H groups in total. The summed E-state index contributed by atoms with van der Waals surface area (Å²) in [6.45, 7) is 1.94. The molecular weight excluding hydrogens is 369 g/mol. The third-order valence-electron chi connectivity index (χ3n) is 2.70. The van der Waals surface area contributed by atoms with Gasteiger partial charge in [0.2, 0.25) is 0 Å². The molecule has 1 heterocycles. The fraction of sp³-hybridized carbons (Fsp3) is 0.250. The largest absolute Gasteiger partial charge is 0.476 e. The van der Waals surface area contributed by atoms with E-state index in [0.717, 1.165) is 6.42 Å². The van der Waals surface area contributed by atoms with Gasteiger partial charge in [0.1, 0.15) is 0 Å². The molecule has 5 nitrogen and oxygen atoms in total. The highest BCUT2D eigenvalue weighted by atomic mass is 79.9. The lowest BCUT2D eigenvalue weighted by atomic mass is 10.2. The van der Waals surface area contributed by atoms with Crippen molar-refractivity contribution in [1.29, 1.82) is 0 Å². The minimum Gasteiger partial charge on any atom is -0.476 e. The highest BCUT2D eigenvalue weighted by molar-refractivity contribution is 9.10. The number of carbonyl (C=O) groups is 1. The molecule has 1 aromatic carbocycles. The van der Waals surface area contributed by atoms with Gasteiger partial charge in [-0.25, -0.2) is 9.48 Å². The second-order valence-electron chi connectivity index (χ2n) is 4.05. The number of hydrogen-bond acceptors (Lipinski definition) is 3. The Balaban J connectivity index is 2.64. The van der Waals surface area contributed by atoms with Crippen LogP contribution in [0.25, 0.3) is 5.69 Å². The lowest BCUT2D eigenvalue weighted by molar-refractivity contribution is 0.0689. The average Bonchev–Trinajstić information content (AvgIpc) is 2.81. The van der Waals surface area contributed by atoms with Crippen molar-refractivity contribution in [1.82, 2.24) is 15.0 Å². The summed E-state index contributed by atoms with van der Waals surface area (Å²) >= 11 is 15.5. The SMILES string of the molecule is CCCc1c(C(=O)O)nnn1-c1ccc(Br)c(Cl)c1Cl. The number of aromatic carboxylic acids is 1. The third kappa shape index (κ3) is 2.68. The molecule has 1 aromatic heterocycles. The van der Waals surface area contributed by atoms with Crippen molar-refractivity contribution in [2.75, 3.05) is 0 Å². The zero-order chi connectivity index (χ0) is 14.9. The summed E-state index contributed by atoms with van der Waals surface area (Å²) in [5.74, 6) is -1.11. The molecule has 0 aliphatic heterocycles. The molecule has 0 unspecified atom stereocenters. The van der Waals surface area contributed by atoms with Crippen LogP contribution in [0.3, 0.4) is 0 Å².